The summed E-state index contributed by atoms with van der Waals surface area (Å²) in [5.41, 5.74) is 4.29. The van der Waals surface area contributed by atoms with Gasteiger partial charge in [-0.1, -0.05) is 6.07 Å². The molecule has 182 valence electrons. The Morgan fingerprint density at radius 3 is 2.31 bits per heavy atom. The number of pyridine rings is 1. The maximum Gasteiger partial charge on any atom is 0.435 e. The van der Waals surface area contributed by atoms with Gasteiger partial charge in [-0.25, -0.2) is 37.0 Å². The first kappa shape index (κ1) is 25.1. The Morgan fingerprint density at radius 2 is 1.71 bits per heavy atom. The molecule has 1 aromatic heterocycles. The highest BCUT2D eigenvalue weighted by Gasteiger charge is 2.25. The lowest BCUT2D eigenvalue weighted by atomic mass is 10.1. The Morgan fingerprint density at radius 1 is 1.03 bits per heavy atom. The molecule has 8 nitrogen and oxygen atoms in total. The second-order valence-electron chi connectivity index (χ2n) is 7.31. The van der Waals surface area contributed by atoms with E-state index in [2.05, 4.69) is 9.98 Å². The predicted octanol–water partition coefficient (Wildman–Crippen LogP) is 4.75. The van der Waals surface area contributed by atoms with E-state index in [1.165, 1.54) is 23.4 Å². The molecular weight excluding hydrogens is 470 g/mol. The molecule has 12 heteroatoms. The van der Waals surface area contributed by atoms with Crippen LogP contribution in [0.3, 0.4) is 0 Å². The zero-order chi connectivity index (χ0) is 25.7. The molecule has 0 spiro atoms. The van der Waals surface area contributed by atoms with Crippen LogP contribution >= 0.6 is 0 Å². The molecule has 2 aromatic carbocycles. The first-order valence-corrected chi connectivity index (χ1v) is 9.94. The van der Waals surface area contributed by atoms with Crippen molar-refractivity contribution in [2.75, 3.05) is 19.0 Å². The molecule has 35 heavy (non-hydrogen) atoms. The smallest absolute Gasteiger partial charge is 0.435 e. The second kappa shape index (κ2) is 10.6. The van der Waals surface area contributed by atoms with E-state index in [9.17, 15) is 27.2 Å². The minimum Gasteiger partial charge on any atom is -0.443 e. The van der Waals surface area contributed by atoms with Gasteiger partial charge in [-0.3, -0.25) is 0 Å². The van der Waals surface area contributed by atoms with Crippen molar-refractivity contribution in [2.45, 2.75) is 6.61 Å². The van der Waals surface area contributed by atoms with Crippen LogP contribution in [-0.4, -0.2) is 42.4 Å². The molecule has 3 aromatic rings. The number of rotatable bonds is 6. The third-order valence-electron chi connectivity index (χ3n) is 4.51. The summed E-state index contributed by atoms with van der Waals surface area (Å²) in [7, 11) is 3.27. The zero-order valence-electron chi connectivity index (χ0n) is 18.5. The van der Waals surface area contributed by atoms with Gasteiger partial charge >= 0.3 is 12.1 Å². The topological polar surface area (TPSA) is 101 Å². The fourth-order valence-electron chi connectivity index (χ4n) is 3.01. The lowest BCUT2D eigenvalue weighted by molar-refractivity contribution is 0.151. The predicted molar refractivity (Wildman–Crippen MR) is 120 cm³/mol. The van der Waals surface area contributed by atoms with Crippen LogP contribution in [0.15, 0.2) is 53.5 Å². The number of primary amides is 1. The normalized spacial score (nSPS) is 10.9. The van der Waals surface area contributed by atoms with Gasteiger partial charge in [-0.05, 0) is 36.4 Å². The Balaban J connectivity index is 2.11. The number of anilines is 2. The van der Waals surface area contributed by atoms with Crippen molar-refractivity contribution in [3.8, 4) is 11.3 Å². The highest BCUT2D eigenvalue weighted by Crippen LogP contribution is 2.33. The van der Waals surface area contributed by atoms with Gasteiger partial charge in [-0.15, -0.1) is 0 Å². The average Bonchev–Trinajstić information content (AvgIpc) is 2.78. The number of carbonyl (C=O) groups is 2. The molecule has 0 saturated heterocycles. The van der Waals surface area contributed by atoms with Crippen LogP contribution in [0.5, 0.6) is 0 Å². The van der Waals surface area contributed by atoms with E-state index in [0.717, 1.165) is 30.3 Å². The summed E-state index contributed by atoms with van der Waals surface area (Å²) in [5.74, 6) is -4.44. The summed E-state index contributed by atoms with van der Waals surface area (Å²) in [6.45, 7) is -0.437. The lowest BCUT2D eigenvalue weighted by Crippen LogP contribution is -2.33. The number of nitrogens with zero attached hydrogens (tertiary/aromatic N) is 4. The number of aliphatic imine (C=N–C) groups is 1. The third kappa shape index (κ3) is 5.91. The Kier molecular flexibility index (Phi) is 7.64. The number of carbonyl (C=O) groups excluding carboxylic acids is 2. The molecule has 0 saturated carbocycles. The van der Waals surface area contributed by atoms with Gasteiger partial charge in [0.2, 0.25) is 0 Å². The van der Waals surface area contributed by atoms with Crippen LogP contribution in [0.2, 0.25) is 0 Å². The van der Waals surface area contributed by atoms with Crippen LogP contribution in [0.4, 0.5) is 38.7 Å². The van der Waals surface area contributed by atoms with Crippen molar-refractivity contribution in [2.24, 2.45) is 10.7 Å². The van der Waals surface area contributed by atoms with Crippen molar-refractivity contribution in [1.82, 2.24) is 9.88 Å². The van der Waals surface area contributed by atoms with E-state index in [1.807, 2.05) is 0 Å². The first-order chi connectivity index (χ1) is 16.6. The van der Waals surface area contributed by atoms with Crippen molar-refractivity contribution in [3.05, 3.63) is 77.4 Å². The van der Waals surface area contributed by atoms with Crippen LogP contribution < -0.4 is 10.6 Å². The quantitative estimate of drug-likeness (QED) is 0.306. The number of benzene rings is 2. The maximum absolute atomic E-state index is 14.6. The fraction of sp³-hybridized carbons (Fsp3) is 0.130. The number of hydrogen-bond donors (Lipinski definition) is 1. The molecule has 0 aliphatic rings. The van der Waals surface area contributed by atoms with Gasteiger partial charge in [0.05, 0.1) is 12.0 Å². The number of ether oxygens (including phenoxy) is 1. The van der Waals surface area contributed by atoms with Gasteiger partial charge in [0.1, 0.15) is 41.4 Å². The number of nitrogens with two attached hydrogens (primary N) is 1. The summed E-state index contributed by atoms with van der Waals surface area (Å²) in [4.78, 5) is 33.7. The summed E-state index contributed by atoms with van der Waals surface area (Å²) in [6, 6.07) is 6.75. The molecule has 0 radical (unpaired) electrons. The van der Waals surface area contributed by atoms with Crippen LogP contribution in [0, 0.1) is 23.3 Å². The highest BCUT2D eigenvalue weighted by atomic mass is 19.1. The Hall–Kier alpha value is -4.48. The van der Waals surface area contributed by atoms with Gasteiger partial charge < -0.3 is 15.4 Å². The molecular formula is C23H19F4N5O3. The van der Waals surface area contributed by atoms with Crippen molar-refractivity contribution < 1.29 is 31.9 Å². The summed E-state index contributed by atoms with van der Waals surface area (Å²) in [5, 5.41) is 0. The molecule has 0 unspecified atom stereocenters. The van der Waals surface area contributed by atoms with Crippen LogP contribution in [0.1, 0.15) is 5.56 Å². The fourth-order valence-corrected chi connectivity index (χ4v) is 3.01. The summed E-state index contributed by atoms with van der Waals surface area (Å²) in [6.07, 6.45) is 0.248. The Labute approximate surface area is 197 Å². The van der Waals surface area contributed by atoms with Gasteiger partial charge in [0, 0.05) is 31.3 Å². The molecule has 1 heterocycles. The van der Waals surface area contributed by atoms with E-state index < -0.39 is 47.7 Å². The lowest BCUT2D eigenvalue weighted by Gasteiger charge is -2.22. The molecule has 2 N–H and O–H groups in total. The molecule has 3 rings (SSSR count). The third-order valence-corrected chi connectivity index (χ3v) is 4.51. The Bertz CT molecular complexity index is 1280. The van der Waals surface area contributed by atoms with Crippen molar-refractivity contribution in [1.29, 1.82) is 0 Å². The first-order valence-electron chi connectivity index (χ1n) is 9.94. The van der Waals surface area contributed by atoms with E-state index in [4.69, 9.17) is 10.5 Å². The minimum absolute atomic E-state index is 0.131. The van der Waals surface area contributed by atoms with Crippen molar-refractivity contribution >= 4 is 30.0 Å². The van der Waals surface area contributed by atoms with E-state index in [1.54, 1.807) is 14.1 Å². The summed E-state index contributed by atoms with van der Waals surface area (Å²) < 4.78 is 62.0. The number of halogens is 4. The van der Waals surface area contributed by atoms with Gasteiger partial charge in [-0.2, -0.15) is 4.99 Å². The minimum atomic E-state index is -1.27. The van der Waals surface area contributed by atoms with E-state index in [0.29, 0.717) is 11.0 Å². The van der Waals surface area contributed by atoms with E-state index >= 15 is 0 Å². The number of para-hydroxylation sites is 1. The molecule has 0 bridgehead atoms. The zero-order valence-corrected chi connectivity index (χ0v) is 18.5. The number of hydrogen-bond acceptors (Lipinski definition) is 4. The molecule has 0 aliphatic carbocycles. The number of amides is 3. The van der Waals surface area contributed by atoms with E-state index in [-0.39, 0.29) is 22.6 Å². The van der Waals surface area contributed by atoms with Crippen LogP contribution in [0.25, 0.3) is 11.3 Å². The standard InChI is InChI=1S/C23H19F4N5O3/c1-31(2)12-29-23(34)35-11-13-6-9-19(30-20(13)15-8-7-14(24)10-18(15)27)32(22(28)33)21-16(25)4-3-5-17(21)26/h3-10,12H,11H2,1-2H3,(H2,28,33). The monoisotopic (exact) mass is 489 g/mol. The van der Waals surface area contributed by atoms with Gasteiger partial charge in [0.25, 0.3) is 0 Å². The molecule has 0 atom stereocenters. The second-order valence-corrected chi connectivity index (χ2v) is 7.31. The molecule has 0 fully saturated rings. The average molecular weight is 489 g/mol. The summed E-state index contributed by atoms with van der Waals surface area (Å²) >= 11 is 0. The number of aromatic nitrogens is 1. The van der Waals surface area contributed by atoms with Crippen LogP contribution in [-0.2, 0) is 11.3 Å². The molecule has 3 amide bonds. The SMILES string of the molecule is CN(C)C=NC(=O)OCc1ccc(N(C(N)=O)c2c(F)cccc2F)nc1-c1ccc(F)cc1F. The maximum atomic E-state index is 14.6. The largest absolute Gasteiger partial charge is 0.443 e. The number of urea groups is 1. The molecule has 0 aliphatic heterocycles. The highest BCUT2D eigenvalue weighted by molar-refractivity contribution is 5.98. The van der Waals surface area contributed by atoms with Gasteiger partial charge in [0.15, 0.2) is 0 Å². The van der Waals surface area contributed by atoms with Crippen molar-refractivity contribution in [3.63, 3.8) is 0 Å².